The fourth-order valence-corrected chi connectivity index (χ4v) is 5.84. The molecule has 5 nitrogen and oxygen atoms in total. The molecule has 2 heterocycles. The maximum Gasteiger partial charge on any atom is 0.245 e. The Balaban J connectivity index is 1.82. The molecule has 0 unspecified atom stereocenters. The van der Waals surface area contributed by atoms with Crippen molar-refractivity contribution in [2.75, 3.05) is 6.54 Å². The Morgan fingerprint density at radius 2 is 1.96 bits per heavy atom. The summed E-state index contributed by atoms with van der Waals surface area (Å²) in [5.74, 6) is 0. The Hall–Kier alpha value is -1.83. The van der Waals surface area contributed by atoms with Crippen LogP contribution in [0, 0.1) is 6.92 Å². The summed E-state index contributed by atoms with van der Waals surface area (Å²) < 4.78 is 36.6. The Bertz CT molecular complexity index is 998. The molecule has 1 fully saturated rings. The summed E-state index contributed by atoms with van der Waals surface area (Å²) in [6.45, 7) is 2.57. The molecule has 7 heteroatoms. The molecule has 1 aliphatic rings. The van der Waals surface area contributed by atoms with Gasteiger partial charge in [-0.1, -0.05) is 30.3 Å². The molecule has 1 atom stereocenters. The minimum absolute atomic E-state index is 0.113. The topological polar surface area (TPSA) is 63.2 Å². The van der Waals surface area contributed by atoms with Gasteiger partial charge in [0, 0.05) is 6.54 Å². The summed E-state index contributed by atoms with van der Waals surface area (Å²) in [6.07, 6.45) is 1.71. The van der Waals surface area contributed by atoms with Crippen LogP contribution in [0.1, 0.15) is 30.0 Å². The minimum atomic E-state index is -3.61. The van der Waals surface area contributed by atoms with E-state index in [0.29, 0.717) is 17.6 Å². The van der Waals surface area contributed by atoms with Crippen molar-refractivity contribution in [3.63, 3.8) is 0 Å². The molecule has 1 aliphatic heterocycles. The molecular formula is C17H17N3O2S2. The first kappa shape index (κ1) is 15.7. The summed E-state index contributed by atoms with van der Waals surface area (Å²) in [4.78, 5) is 0.259. The average Bonchev–Trinajstić information content (AvgIpc) is 3.24. The SMILES string of the molecule is Cc1ccccc1[C@H]1CCCN1S(=O)(=O)c1cccc2nsnc12. The number of hydrogen-bond acceptors (Lipinski definition) is 5. The normalized spacial score (nSPS) is 19.1. The largest absolute Gasteiger partial charge is 0.245 e. The lowest BCUT2D eigenvalue weighted by atomic mass is 10.0. The van der Waals surface area contributed by atoms with E-state index in [0.717, 1.165) is 35.7 Å². The predicted molar refractivity (Wildman–Crippen MR) is 94.5 cm³/mol. The van der Waals surface area contributed by atoms with Gasteiger partial charge in [0.05, 0.1) is 17.8 Å². The third-order valence-corrected chi connectivity index (χ3v) is 7.07. The van der Waals surface area contributed by atoms with Crippen LogP contribution < -0.4 is 0 Å². The van der Waals surface area contributed by atoms with E-state index in [-0.39, 0.29) is 10.9 Å². The number of sulfonamides is 1. The lowest BCUT2D eigenvalue weighted by Crippen LogP contribution is -2.31. The quantitative estimate of drug-likeness (QED) is 0.718. The Kier molecular flexibility index (Phi) is 3.86. The van der Waals surface area contributed by atoms with Crippen LogP contribution in [0.15, 0.2) is 47.4 Å². The van der Waals surface area contributed by atoms with Crippen LogP contribution in [0.2, 0.25) is 0 Å². The fraction of sp³-hybridized carbons (Fsp3) is 0.294. The summed E-state index contributed by atoms with van der Waals surface area (Å²) in [5.41, 5.74) is 3.31. The molecule has 0 spiro atoms. The zero-order valence-electron chi connectivity index (χ0n) is 13.2. The van der Waals surface area contributed by atoms with E-state index >= 15 is 0 Å². The number of rotatable bonds is 3. The van der Waals surface area contributed by atoms with Crippen LogP contribution >= 0.6 is 11.7 Å². The molecule has 0 saturated carbocycles. The van der Waals surface area contributed by atoms with Crippen molar-refractivity contribution >= 4 is 32.8 Å². The summed E-state index contributed by atoms with van der Waals surface area (Å²) in [5, 5.41) is 0. The minimum Gasteiger partial charge on any atom is -0.207 e. The van der Waals surface area contributed by atoms with Crippen LogP contribution in [-0.4, -0.2) is 28.0 Å². The maximum absolute atomic E-state index is 13.3. The van der Waals surface area contributed by atoms with E-state index in [4.69, 9.17) is 0 Å². The highest BCUT2D eigenvalue weighted by Crippen LogP contribution is 2.38. The van der Waals surface area contributed by atoms with Gasteiger partial charge in [0.25, 0.3) is 0 Å². The second-order valence-electron chi connectivity index (χ2n) is 6.02. The van der Waals surface area contributed by atoms with Crippen molar-refractivity contribution in [2.45, 2.75) is 30.7 Å². The van der Waals surface area contributed by atoms with Crippen LogP contribution in [0.5, 0.6) is 0 Å². The lowest BCUT2D eigenvalue weighted by Gasteiger charge is -2.25. The molecule has 1 saturated heterocycles. The van der Waals surface area contributed by atoms with Gasteiger partial charge in [0.2, 0.25) is 10.0 Å². The highest BCUT2D eigenvalue weighted by molar-refractivity contribution is 7.89. The van der Waals surface area contributed by atoms with Crippen molar-refractivity contribution in [1.82, 2.24) is 13.1 Å². The third-order valence-electron chi connectivity index (χ3n) is 4.59. The maximum atomic E-state index is 13.3. The first-order chi connectivity index (χ1) is 11.6. The van der Waals surface area contributed by atoms with Crippen LogP contribution in [0.3, 0.4) is 0 Å². The van der Waals surface area contributed by atoms with Gasteiger partial charge in [0.15, 0.2) is 0 Å². The van der Waals surface area contributed by atoms with E-state index in [2.05, 4.69) is 8.75 Å². The van der Waals surface area contributed by atoms with Gasteiger partial charge in [-0.05, 0) is 43.0 Å². The molecule has 0 aliphatic carbocycles. The molecule has 1 aromatic heterocycles. The van der Waals surface area contributed by atoms with Gasteiger partial charge < -0.3 is 0 Å². The second-order valence-corrected chi connectivity index (χ2v) is 8.41. The Morgan fingerprint density at radius 1 is 1.12 bits per heavy atom. The summed E-state index contributed by atoms with van der Waals surface area (Å²) >= 11 is 1.04. The van der Waals surface area contributed by atoms with E-state index in [1.807, 2.05) is 31.2 Å². The van der Waals surface area contributed by atoms with Crippen LogP contribution in [-0.2, 0) is 10.0 Å². The molecular weight excluding hydrogens is 342 g/mol. The highest BCUT2D eigenvalue weighted by atomic mass is 32.2. The van der Waals surface area contributed by atoms with Crippen molar-refractivity contribution < 1.29 is 8.42 Å². The Morgan fingerprint density at radius 3 is 2.79 bits per heavy atom. The third kappa shape index (κ3) is 2.44. The van der Waals surface area contributed by atoms with Crippen LogP contribution in [0.25, 0.3) is 11.0 Å². The Labute approximate surface area is 145 Å². The smallest absolute Gasteiger partial charge is 0.207 e. The molecule has 3 aromatic rings. The molecule has 4 rings (SSSR count). The molecule has 0 bridgehead atoms. The van der Waals surface area contributed by atoms with Gasteiger partial charge in [-0.3, -0.25) is 0 Å². The van der Waals surface area contributed by atoms with E-state index in [1.165, 1.54) is 0 Å². The molecule has 24 heavy (non-hydrogen) atoms. The van der Waals surface area contributed by atoms with Gasteiger partial charge in [-0.15, -0.1) is 0 Å². The fourth-order valence-electron chi connectivity index (χ4n) is 3.42. The van der Waals surface area contributed by atoms with Crippen LogP contribution in [0.4, 0.5) is 0 Å². The number of hydrogen-bond donors (Lipinski definition) is 0. The number of fused-ring (bicyclic) bond motifs is 1. The standard InChI is InChI=1S/C17H17N3O2S2/c1-12-6-2-3-7-13(12)15-9-5-11-20(15)24(21,22)16-10-4-8-14-17(16)19-23-18-14/h2-4,6-8,10,15H,5,9,11H2,1H3/t15-/m1/s1. The van der Waals surface area contributed by atoms with Gasteiger partial charge in [-0.25, -0.2) is 8.42 Å². The first-order valence-electron chi connectivity index (χ1n) is 7.88. The van der Waals surface area contributed by atoms with E-state index < -0.39 is 10.0 Å². The number of aromatic nitrogens is 2. The molecule has 0 radical (unpaired) electrons. The molecule has 0 amide bonds. The predicted octanol–water partition coefficient (Wildman–Crippen LogP) is 3.53. The number of aryl methyl sites for hydroxylation is 1. The van der Waals surface area contributed by atoms with Gasteiger partial charge >= 0.3 is 0 Å². The summed E-state index contributed by atoms with van der Waals surface area (Å²) in [6, 6.07) is 13.0. The van der Waals surface area contributed by atoms with E-state index in [1.54, 1.807) is 22.5 Å². The van der Waals surface area contributed by atoms with Crippen molar-refractivity contribution in [3.05, 3.63) is 53.6 Å². The van der Waals surface area contributed by atoms with Gasteiger partial charge in [-0.2, -0.15) is 13.1 Å². The zero-order chi connectivity index (χ0) is 16.7. The van der Waals surface area contributed by atoms with Crippen molar-refractivity contribution in [2.24, 2.45) is 0 Å². The molecule has 124 valence electrons. The second kappa shape index (κ2) is 5.91. The molecule has 2 aromatic carbocycles. The monoisotopic (exact) mass is 359 g/mol. The summed E-state index contributed by atoms with van der Waals surface area (Å²) in [7, 11) is -3.61. The van der Waals surface area contributed by atoms with Crippen molar-refractivity contribution in [1.29, 1.82) is 0 Å². The van der Waals surface area contributed by atoms with E-state index in [9.17, 15) is 8.42 Å². The average molecular weight is 359 g/mol. The first-order valence-corrected chi connectivity index (χ1v) is 10.0. The van der Waals surface area contributed by atoms with Crippen molar-refractivity contribution in [3.8, 4) is 0 Å². The zero-order valence-corrected chi connectivity index (χ0v) is 14.8. The number of nitrogens with zero attached hydrogens (tertiary/aromatic N) is 3. The highest BCUT2D eigenvalue weighted by Gasteiger charge is 2.37. The lowest BCUT2D eigenvalue weighted by molar-refractivity contribution is 0.396. The molecule has 0 N–H and O–H groups in total. The number of benzene rings is 2. The van der Waals surface area contributed by atoms with Gasteiger partial charge in [0.1, 0.15) is 15.9 Å².